The van der Waals surface area contributed by atoms with E-state index in [1.54, 1.807) is 9.80 Å². The second-order valence-electron chi connectivity index (χ2n) is 11.1. The van der Waals surface area contributed by atoms with Gasteiger partial charge < -0.3 is 24.4 Å². The summed E-state index contributed by atoms with van der Waals surface area (Å²) in [5, 5.41) is 11.3. The first-order chi connectivity index (χ1) is 18.9. The smallest absolute Gasteiger partial charge is 0.313 e. The predicted octanol–water partition coefficient (Wildman–Crippen LogP) is 3.38. The number of amides is 2. The van der Waals surface area contributed by atoms with Gasteiger partial charge in [-0.05, 0) is 55.5 Å². The van der Waals surface area contributed by atoms with Crippen molar-refractivity contribution in [3.8, 4) is 0 Å². The molecule has 2 amide bonds. The molecule has 0 radical (unpaired) electrons. The summed E-state index contributed by atoms with van der Waals surface area (Å²) in [6, 6.07) is 13.0. The lowest BCUT2D eigenvalue weighted by atomic mass is 9.74. The molecule has 1 spiro atoms. The number of aliphatic hydroxyl groups excluding tert-OH is 1. The minimum Gasteiger partial charge on any atom is -0.465 e. The zero-order valence-corrected chi connectivity index (χ0v) is 22.1. The van der Waals surface area contributed by atoms with Gasteiger partial charge in [-0.3, -0.25) is 14.4 Å². The maximum Gasteiger partial charge on any atom is 0.313 e. The number of carbonyl (C=O) groups excluding carboxylic acids is 3. The van der Waals surface area contributed by atoms with Crippen LogP contribution in [0.1, 0.15) is 32.6 Å². The van der Waals surface area contributed by atoms with Crippen LogP contribution in [-0.4, -0.2) is 71.3 Å². The molecule has 8 heteroatoms. The monoisotopic (exact) mass is 530 g/mol. The summed E-state index contributed by atoms with van der Waals surface area (Å²) < 4.78 is 12.3. The maximum absolute atomic E-state index is 14.5. The Morgan fingerprint density at radius 3 is 2.59 bits per heavy atom. The number of fused-ring (bicyclic) bond motifs is 3. The van der Waals surface area contributed by atoms with Gasteiger partial charge in [0.2, 0.25) is 5.91 Å². The second-order valence-corrected chi connectivity index (χ2v) is 11.1. The highest BCUT2D eigenvalue weighted by molar-refractivity contribution is 6.06. The first-order valence-electron chi connectivity index (χ1n) is 13.8. The zero-order valence-electron chi connectivity index (χ0n) is 22.1. The predicted molar refractivity (Wildman–Crippen MR) is 146 cm³/mol. The van der Waals surface area contributed by atoms with Gasteiger partial charge in [0.15, 0.2) is 0 Å². The van der Waals surface area contributed by atoms with E-state index < -0.39 is 35.0 Å². The van der Waals surface area contributed by atoms with Crippen molar-refractivity contribution in [1.82, 2.24) is 4.90 Å². The fourth-order valence-electron chi connectivity index (χ4n) is 6.87. The SMILES string of the molecule is C[C@@]12C=CCCOC(=O)[C@@H]1[C@H]1C(=O)N(CCCCCO)C3C(=O)N(c4ccc5ccccc5c4)CC=C[C@@]31O2. The van der Waals surface area contributed by atoms with Crippen molar-refractivity contribution < 1.29 is 29.0 Å². The lowest BCUT2D eigenvalue weighted by Crippen LogP contribution is -2.56. The topological polar surface area (TPSA) is 96.4 Å². The minimum absolute atomic E-state index is 0.0725. The lowest BCUT2D eigenvalue weighted by Gasteiger charge is -2.37. The van der Waals surface area contributed by atoms with Gasteiger partial charge in [-0.15, -0.1) is 0 Å². The van der Waals surface area contributed by atoms with E-state index >= 15 is 0 Å². The van der Waals surface area contributed by atoms with Crippen LogP contribution in [-0.2, 0) is 23.9 Å². The van der Waals surface area contributed by atoms with Crippen LogP contribution < -0.4 is 4.90 Å². The number of unbranched alkanes of at least 4 members (excludes halogenated alkanes) is 2. The van der Waals surface area contributed by atoms with Gasteiger partial charge in [0.25, 0.3) is 5.91 Å². The van der Waals surface area contributed by atoms with Crippen LogP contribution in [0.3, 0.4) is 0 Å². The summed E-state index contributed by atoms with van der Waals surface area (Å²) in [5.41, 5.74) is -1.64. The molecule has 4 aliphatic rings. The van der Waals surface area contributed by atoms with E-state index in [9.17, 15) is 19.5 Å². The molecule has 0 bridgehead atoms. The van der Waals surface area contributed by atoms with Gasteiger partial charge in [-0.1, -0.05) is 54.6 Å². The van der Waals surface area contributed by atoms with Crippen LogP contribution in [0.15, 0.2) is 66.8 Å². The number of hydrogen-bond donors (Lipinski definition) is 1. The van der Waals surface area contributed by atoms with E-state index in [-0.39, 0.29) is 25.0 Å². The van der Waals surface area contributed by atoms with Gasteiger partial charge >= 0.3 is 5.97 Å². The maximum atomic E-state index is 14.5. The third-order valence-corrected chi connectivity index (χ3v) is 8.62. The Labute approximate surface area is 227 Å². The van der Waals surface area contributed by atoms with E-state index in [0.717, 1.165) is 22.9 Å². The number of nitrogens with zero attached hydrogens (tertiary/aromatic N) is 2. The highest BCUT2D eigenvalue weighted by Crippen LogP contribution is 2.57. The van der Waals surface area contributed by atoms with Crippen LogP contribution >= 0.6 is 0 Å². The van der Waals surface area contributed by atoms with Crippen LogP contribution in [0.2, 0.25) is 0 Å². The largest absolute Gasteiger partial charge is 0.465 e. The Bertz CT molecular complexity index is 1370. The Morgan fingerprint density at radius 2 is 1.77 bits per heavy atom. The molecule has 8 nitrogen and oxygen atoms in total. The van der Waals surface area contributed by atoms with Crippen LogP contribution in [0.5, 0.6) is 0 Å². The van der Waals surface area contributed by atoms with Crippen molar-refractivity contribution >= 4 is 34.2 Å². The van der Waals surface area contributed by atoms with Crippen molar-refractivity contribution in [2.75, 3.05) is 31.2 Å². The summed E-state index contributed by atoms with van der Waals surface area (Å²) in [5.74, 6) is -2.70. The van der Waals surface area contributed by atoms with Gasteiger partial charge in [0, 0.05) is 25.4 Å². The molecule has 2 saturated heterocycles. The Morgan fingerprint density at radius 1 is 0.949 bits per heavy atom. The molecule has 6 rings (SSSR count). The lowest BCUT2D eigenvalue weighted by molar-refractivity contribution is -0.159. The average Bonchev–Trinajstić information content (AvgIpc) is 3.24. The summed E-state index contributed by atoms with van der Waals surface area (Å²) in [6.45, 7) is 2.79. The number of benzene rings is 2. The normalized spacial score (nSPS) is 31.9. The van der Waals surface area contributed by atoms with Crippen LogP contribution in [0.4, 0.5) is 5.69 Å². The summed E-state index contributed by atoms with van der Waals surface area (Å²) in [6.07, 6.45) is 10.1. The number of rotatable bonds is 6. The van der Waals surface area contributed by atoms with Crippen molar-refractivity contribution in [3.63, 3.8) is 0 Å². The van der Waals surface area contributed by atoms with E-state index in [0.29, 0.717) is 32.4 Å². The van der Waals surface area contributed by atoms with E-state index in [4.69, 9.17) is 9.47 Å². The molecule has 0 saturated carbocycles. The Hall–Kier alpha value is -3.49. The quantitative estimate of drug-likeness (QED) is 0.350. The number of ether oxygens (including phenoxy) is 2. The summed E-state index contributed by atoms with van der Waals surface area (Å²) >= 11 is 0. The van der Waals surface area contributed by atoms with E-state index in [1.807, 2.05) is 73.7 Å². The molecule has 2 aromatic carbocycles. The molecule has 0 aromatic heterocycles. The fourth-order valence-corrected chi connectivity index (χ4v) is 6.87. The Balaban J connectivity index is 1.44. The van der Waals surface area contributed by atoms with E-state index in [1.165, 1.54) is 0 Å². The molecule has 204 valence electrons. The number of carbonyl (C=O) groups is 3. The molecular weight excluding hydrogens is 496 g/mol. The highest BCUT2D eigenvalue weighted by atomic mass is 16.6. The van der Waals surface area contributed by atoms with Crippen LogP contribution in [0.25, 0.3) is 10.8 Å². The molecule has 5 atom stereocenters. The summed E-state index contributed by atoms with van der Waals surface area (Å²) in [7, 11) is 0. The molecule has 2 aromatic rings. The number of esters is 1. The molecule has 1 unspecified atom stereocenters. The fraction of sp³-hybridized carbons (Fsp3) is 0.452. The molecule has 1 N–H and O–H groups in total. The molecule has 0 aliphatic carbocycles. The first-order valence-corrected chi connectivity index (χ1v) is 13.8. The van der Waals surface area contributed by atoms with Gasteiger partial charge in [0.1, 0.15) is 17.6 Å². The molecule has 4 heterocycles. The zero-order chi connectivity index (χ0) is 27.2. The minimum atomic E-state index is -1.30. The molecule has 4 aliphatic heterocycles. The van der Waals surface area contributed by atoms with Crippen molar-refractivity contribution in [2.45, 2.75) is 49.9 Å². The second kappa shape index (κ2) is 9.92. The Kier molecular flexibility index (Phi) is 6.55. The van der Waals surface area contributed by atoms with E-state index in [2.05, 4.69) is 0 Å². The standard InChI is InChI=1S/C31H34N2O6/c1-30-14-5-8-19-38-29(37)25(30)24-27(35)33(16-6-2-7-18-34)26-28(36)32(17-9-15-31(24,26)39-30)23-13-12-21-10-3-4-11-22(21)20-23/h3-5,9-15,20,24-26,34H,2,6-8,16-19H2,1H3/t24-,25-,26?,30+,31-/m0/s1. The molecule has 39 heavy (non-hydrogen) atoms. The molecule has 2 fully saturated rings. The van der Waals surface area contributed by atoms with Crippen molar-refractivity contribution in [2.24, 2.45) is 11.8 Å². The number of likely N-dealkylation sites (tertiary alicyclic amines) is 1. The average molecular weight is 531 g/mol. The number of hydrogen-bond acceptors (Lipinski definition) is 6. The summed E-state index contributed by atoms with van der Waals surface area (Å²) in [4.78, 5) is 45.4. The number of cyclic esters (lactones) is 1. The third kappa shape index (κ3) is 4.08. The third-order valence-electron chi connectivity index (χ3n) is 8.62. The number of anilines is 1. The van der Waals surface area contributed by atoms with Gasteiger partial charge in [-0.2, -0.15) is 0 Å². The van der Waals surface area contributed by atoms with Crippen LogP contribution in [0, 0.1) is 11.8 Å². The number of aliphatic hydroxyl groups is 1. The molecular formula is C31H34N2O6. The van der Waals surface area contributed by atoms with Crippen molar-refractivity contribution in [1.29, 1.82) is 0 Å². The van der Waals surface area contributed by atoms with Crippen molar-refractivity contribution in [3.05, 3.63) is 66.8 Å². The first kappa shape index (κ1) is 25.8. The van der Waals surface area contributed by atoms with Gasteiger partial charge in [0.05, 0.1) is 18.1 Å². The highest BCUT2D eigenvalue weighted by Gasteiger charge is 2.74. The van der Waals surface area contributed by atoms with Gasteiger partial charge in [-0.25, -0.2) is 0 Å².